The number of pyridine rings is 1. The van der Waals surface area contributed by atoms with Gasteiger partial charge in [0, 0.05) is 6.20 Å². The van der Waals surface area contributed by atoms with Gasteiger partial charge >= 0.3 is 5.97 Å². The average molecular weight is 384 g/mol. The highest BCUT2D eigenvalue weighted by atomic mass is 32.1. The number of rotatable bonds is 7. The fraction of sp³-hybridized carbons (Fsp3) is 0.263. The standard InChI is InChI=1S/C19H20N4O3S/c1-3-26-17(24)10-12-22-19(27)23(14-7-6-11-20-13-14)18(21-22)15-8-4-5-9-16(15)25-2/h4-9,11,13H,3,10,12H2,1-2H3. The number of esters is 1. The number of methoxy groups -OCH3 is 1. The highest BCUT2D eigenvalue weighted by Gasteiger charge is 2.18. The van der Waals surface area contributed by atoms with Gasteiger partial charge in [0.15, 0.2) is 5.82 Å². The van der Waals surface area contributed by atoms with Crippen molar-refractivity contribution in [1.29, 1.82) is 0 Å². The number of aryl methyl sites for hydroxylation is 1. The molecule has 140 valence electrons. The molecule has 0 aliphatic rings. The van der Waals surface area contributed by atoms with Crippen molar-refractivity contribution in [1.82, 2.24) is 19.3 Å². The van der Waals surface area contributed by atoms with Crippen molar-refractivity contribution in [3.63, 3.8) is 0 Å². The topological polar surface area (TPSA) is 71.2 Å². The third kappa shape index (κ3) is 4.06. The Labute approximate surface area is 162 Å². The Morgan fingerprint density at radius 2 is 2.04 bits per heavy atom. The molecule has 2 aromatic heterocycles. The predicted molar refractivity (Wildman–Crippen MR) is 103 cm³/mol. The first kappa shape index (κ1) is 18.8. The third-order valence-corrected chi connectivity index (χ3v) is 4.32. The van der Waals surface area contributed by atoms with Gasteiger partial charge in [-0.25, -0.2) is 4.68 Å². The summed E-state index contributed by atoms with van der Waals surface area (Å²) in [6.07, 6.45) is 3.60. The molecule has 0 amide bonds. The van der Waals surface area contributed by atoms with E-state index in [0.717, 1.165) is 11.3 Å². The van der Waals surface area contributed by atoms with Gasteiger partial charge in [-0.1, -0.05) is 12.1 Å². The summed E-state index contributed by atoms with van der Waals surface area (Å²) in [5.74, 6) is 1.02. The van der Waals surface area contributed by atoms with Crippen molar-refractivity contribution < 1.29 is 14.3 Å². The number of benzene rings is 1. The van der Waals surface area contributed by atoms with E-state index < -0.39 is 0 Å². The molecule has 0 unspecified atom stereocenters. The molecule has 0 atom stereocenters. The molecule has 0 spiro atoms. The van der Waals surface area contributed by atoms with Crippen LogP contribution in [0.3, 0.4) is 0 Å². The number of aromatic nitrogens is 4. The minimum atomic E-state index is -0.283. The van der Waals surface area contributed by atoms with E-state index in [4.69, 9.17) is 21.7 Å². The summed E-state index contributed by atoms with van der Waals surface area (Å²) >= 11 is 5.63. The summed E-state index contributed by atoms with van der Waals surface area (Å²) in [5, 5.41) is 4.66. The quantitative estimate of drug-likeness (QED) is 0.459. The summed E-state index contributed by atoms with van der Waals surface area (Å²) in [7, 11) is 1.61. The highest BCUT2D eigenvalue weighted by Crippen LogP contribution is 2.30. The largest absolute Gasteiger partial charge is 0.496 e. The van der Waals surface area contributed by atoms with E-state index in [0.29, 0.717) is 29.5 Å². The van der Waals surface area contributed by atoms with Crippen LogP contribution in [0.2, 0.25) is 0 Å². The Bertz CT molecular complexity index is 982. The summed E-state index contributed by atoms with van der Waals surface area (Å²) in [6, 6.07) is 11.3. The smallest absolute Gasteiger partial charge is 0.307 e. The first-order valence-electron chi connectivity index (χ1n) is 8.55. The number of carbonyl (C=O) groups is 1. The minimum Gasteiger partial charge on any atom is -0.496 e. The maximum Gasteiger partial charge on any atom is 0.307 e. The second-order valence-electron chi connectivity index (χ2n) is 5.63. The van der Waals surface area contributed by atoms with Gasteiger partial charge in [0.05, 0.1) is 44.1 Å². The predicted octanol–water partition coefficient (Wildman–Crippen LogP) is 3.43. The molecule has 0 N–H and O–H groups in total. The van der Waals surface area contributed by atoms with Gasteiger partial charge in [0.25, 0.3) is 0 Å². The lowest BCUT2D eigenvalue weighted by Gasteiger charge is -2.09. The molecular formula is C19H20N4O3S. The Balaban J connectivity index is 2.10. The lowest BCUT2D eigenvalue weighted by Crippen LogP contribution is -2.10. The Hall–Kier alpha value is -3.00. The van der Waals surface area contributed by atoms with Crippen LogP contribution in [0.5, 0.6) is 5.75 Å². The molecule has 3 rings (SSSR count). The van der Waals surface area contributed by atoms with Crippen LogP contribution in [0, 0.1) is 4.77 Å². The van der Waals surface area contributed by atoms with E-state index in [2.05, 4.69) is 10.1 Å². The Kier molecular flexibility index (Phi) is 5.97. The van der Waals surface area contributed by atoms with Crippen LogP contribution < -0.4 is 4.74 Å². The van der Waals surface area contributed by atoms with E-state index in [-0.39, 0.29) is 12.4 Å². The van der Waals surface area contributed by atoms with Crippen molar-refractivity contribution in [3.8, 4) is 22.8 Å². The second-order valence-corrected chi connectivity index (χ2v) is 6.00. The van der Waals surface area contributed by atoms with Gasteiger partial charge in [-0.05, 0) is 43.4 Å². The molecule has 3 aromatic rings. The van der Waals surface area contributed by atoms with E-state index in [1.165, 1.54) is 0 Å². The first-order chi connectivity index (χ1) is 13.2. The minimum absolute atomic E-state index is 0.192. The number of ether oxygens (including phenoxy) is 2. The molecule has 1 aromatic carbocycles. The maximum atomic E-state index is 11.7. The van der Waals surface area contributed by atoms with Crippen molar-refractivity contribution >= 4 is 18.2 Å². The maximum absolute atomic E-state index is 11.7. The Morgan fingerprint density at radius 3 is 2.74 bits per heavy atom. The fourth-order valence-corrected chi connectivity index (χ4v) is 3.03. The molecule has 0 aliphatic heterocycles. The molecule has 7 nitrogen and oxygen atoms in total. The average Bonchev–Trinajstić information content (AvgIpc) is 3.03. The molecule has 0 saturated heterocycles. The number of nitrogens with zero attached hydrogens (tertiary/aromatic N) is 4. The van der Waals surface area contributed by atoms with Crippen LogP contribution in [0.25, 0.3) is 17.1 Å². The molecule has 0 saturated carbocycles. The number of carbonyl (C=O) groups excluding carboxylic acids is 1. The van der Waals surface area contributed by atoms with Gasteiger partial charge in [-0.3, -0.25) is 14.3 Å². The monoisotopic (exact) mass is 384 g/mol. The molecule has 8 heteroatoms. The van der Waals surface area contributed by atoms with Crippen LogP contribution in [-0.4, -0.2) is 39.0 Å². The van der Waals surface area contributed by atoms with Crippen LogP contribution >= 0.6 is 12.2 Å². The summed E-state index contributed by atoms with van der Waals surface area (Å²) < 4.78 is 14.4. The lowest BCUT2D eigenvalue weighted by molar-refractivity contribution is -0.143. The fourth-order valence-electron chi connectivity index (χ4n) is 2.71. The van der Waals surface area contributed by atoms with E-state index in [9.17, 15) is 4.79 Å². The van der Waals surface area contributed by atoms with E-state index in [1.807, 2.05) is 41.0 Å². The second kappa shape index (κ2) is 8.59. The van der Waals surface area contributed by atoms with Gasteiger partial charge in [0.1, 0.15) is 5.75 Å². The van der Waals surface area contributed by atoms with Gasteiger partial charge in [-0.15, -0.1) is 0 Å². The van der Waals surface area contributed by atoms with Crippen molar-refractivity contribution in [2.45, 2.75) is 19.9 Å². The number of para-hydroxylation sites is 1. The molecule has 0 fully saturated rings. The van der Waals surface area contributed by atoms with Crippen molar-refractivity contribution in [2.24, 2.45) is 0 Å². The summed E-state index contributed by atoms with van der Waals surface area (Å²) in [4.78, 5) is 15.9. The zero-order valence-electron chi connectivity index (χ0n) is 15.2. The van der Waals surface area contributed by atoms with E-state index in [1.54, 1.807) is 31.1 Å². The number of hydrogen-bond donors (Lipinski definition) is 0. The molecule has 2 heterocycles. The summed E-state index contributed by atoms with van der Waals surface area (Å²) in [5.41, 5.74) is 1.58. The highest BCUT2D eigenvalue weighted by molar-refractivity contribution is 7.71. The molecule has 0 radical (unpaired) electrons. The molecule has 0 bridgehead atoms. The van der Waals surface area contributed by atoms with Gasteiger partial charge < -0.3 is 9.47 Å². The zero-order valence-corrected chi connectivity index (χ0v) is 16.0. The van der Waals surface area contributed by atoms with Crippen molar-refractivity contribution in [2.75, 3.05) is 13.7 Å². The lowest BCUT2D eigenvalue weighted by atomic mass is 10.2. The summed E-state index contributed by atoms with van der Waals surface area (Å²) in [6.45, 7) is 2.45. The number of hydrogen-bond acceptors (Lipinski definition) is 6. The van der Waals surface area contributed by atoms with Crippen molar-refractivity contribution in [3.05, 3.63) is 53.6 Å². The first-order valence-corrected chi connectivity index (χ1v) is 8.95. The molecular weight excluding hydrogens is 364 g/mol. The van der Waals surface area contributed by atoms with Crippen LogP contribution in [0.4, 0.5) is 0 Å². The Morgan fingerprint density at radius 1 is 1.22 bits per heavy atom. The van der Waals surface area contributed by atoms with E-state index >= 15 is 0 Å². The molecule has 0 aliphatic carbocycles. The van der Waals surface area contributed by atoms with Crippen LogP contribution in [-0.2, 0) is 16.1 Å². The van der Waals surface area contributed by atoms with Gasteiger partial charge in [0.2, 0.25) is 4.77 Å². The molecule has 27 heavy (non-hydrogen) atoms. The SMILES string of the molecule is CCOC(=O)CCn1nc(-c2ccccc2OC)n(-c2cccnc2)c1=S. The van der Waals surface area contributed by atoms with Crippen LogP contribution in [0.15, 0.2) is 48.8 Å². The normalized spacial score (nSPS) is 10.6. The zero-order chi connectivity index (χ0) is 19.2. The van der Waals surface area contributed by atoms with Gasteiger partial charge in [-0.2, -0.15) is 5.10 Å². The third-order valence-electron chi connectivity index (χ3n) is 3.92. The van der Waals surface area contributed by atoms with Crippen LogP contribution in [0.1, 0.15) is 13.3 Å².